The Hall–Kier alpha value is -3.07. The van der Waals surface area contributed by atoms with Gasteiger partial charge in [-0.3, -0.25) is 13.9 Å². The second-order valence-corrected chi connectivity index (χ2v) is 11.7. The molecule has 208 valence electrons. The minimum absolute atomic E-state index is 0.0328. The van der Waals surface area contributed by atoms with E-state index in [1.807, 2.05) is 26.0 Å². The van der Waals surface area contributed by atoms with Gasteiger partial charge in [-0.1, -0.05) is 79.5 Å². The van der Waals surface area contributed by atoms with E-state index in [2.05, 4.69) is 5.32 Å². The molecule has 1 N–H and O–H groups in total. The number of halogens is 2. The predicted octanol–water partition coefficient (Wildman–Crippen LogP) is 5.69. The number of carbonyl (C=O) groups is 2. The van der Waals surface area contributed by atoms with Crippen LogP contribution in [0, 0.1) is 0 Å². The lowest BCUT2D eigenvalue weighted by atomic mass is 10.1. The molecule has 1 atom stereocenters. The molecule has 0 spiro atoms. The first-order chi connectivity index (χ1) is 18.6. The second kappa shape index (κ2) is 13.8. The molecule has 2 amide bonds. The van der Waals surface area contributed by atoms with E-state index < -0.39 is 28.5 Å². The molecule has 0 aromatic heterocycles. The second-order valence-electron chi connectivity index (χ2n) is 9.04. The van der Waals surface area contributed by atoms with Gasteiger partial charge in [0.15, 0.2) is 0 Å². The van der Waals surface area contributed by atoms with Gasteiger partial charge in [0.05, 0.1) is 20.6 Å². The lowest BCUT2D eigenvalue weighted by Gasteiger charge is -2.32. The Kier molecular flexibility index (Phi) is 10.8. The molecule has 0 unspecified atom stereocenters. The molecular formula is C29H33Cl2N3O4S. The number of carbonyl (C=O) groups excluding carboxylic acids is 2. The Morgan fingerprint density at radius 3 is 2.23 bits per heavy atom. The molecule has 3 aromatic rings. The lowest BCUT2D eigenvalue weighted by molar-refractivity contribution is -0.139. The third-order valence-electron chi connectivity index (χ3n) is 6.30. The van der Waals surface area contributed by atoms with Crippen LogP contribution in [-0.2, 0) is 32.6 Å². The summed E-state index contributed by atoms with van der Waals surface area (Å²) in [5, 5.41) is 3.50. The van der Waals surface area contributed by atoms with Gasteiger partial charge in [0, 0.05) is 13.1 Å². The van der Waals surface area contributed by atoms with Gasteiger partial charge < -0.3 is 10.2 Å². The van der Waals surface area contributed by atoms with Crippen LogP contribution in [0.3, 0.4) is 0 Å². The van der Waals surface area contributed by atoms with E-state index in [1.54, 1.807) is 55.5 Å². The van der Waals surface area contributed by atoms with Crippen molar-refractivity contribution < 1.29 is 18.0 Å². The summed E-state index contributed by atoms with van der Waals surface area (Å²) in [6.07, 6.45) is 1.30. The van der Waals surface area contributed by atoms with Crippen LogP contribution in [0.5, 0.6) is 0 Å². The zero-order valence-corrected chi connectivity index (χ0v) is 24.6. The molecule has 0 aliphatic carbocycles. The van der Waals surface area contributed by atoms with Crippen molar-refractivity contribution in [1.82, 2.24) is 10.2 Å². The van der Waals surface area contributed by atoms with E-state index in [1.165, 1.54) is 17.0 Å². The number of rotatable bonds is 12. The average molecular weight is 591 g/mol. The third kappa shape index (κ3) is 7.53. The van der Waals surface area contributed by atoms with Crippen LogP contribution < -0.4 is 9.62 Å². The number of amides is 2. The molecule has 10 heteroatoms. The van der Waals surface area contributed by atoms with Crippen molar-refractivity contribution in [2.24, 2.45) is 0 Å². The van der Waals surface area contributed by atoms with E-state index in [-0.39, 0.29) is 17.3 Å². The molecule has 39 heavy (non-hydrogen) atoms. The summed E-state index contributed by atoms with van der Waals surface area (Å²) in [4.78, 5) is 28.3. The van der Waals surface area contributed by atoms with Crippen molar-refractivity contribution in [1.29, 1.82) is 0 Å². The quantitative estimate of drug-likeness (QED) is 0.294. The van der Waals surface area contributed by atoms with Crippen LogP contribution in [0.2, 0.25) is 10.0 Å². The molecule has 0 saturated carbocycles. The van der Waals surface area contributed by atoms with Crippen LogP contribution >= 0.6 is 23.2 Å². The number of aryl methyl sites for hydroxylation is 1. The Morgan fingerprint density at radius 1 is 0.923 bits per heavy atom. The van der Waals surface area contributed by atoms with E-state index in [4.69, 9.17) is 23.2 Å². The maximum atomic E-state index is 14.0. The molecule has 0 aliphatic heterocycles. The van der Waals surface area contributed by atoms with Crippen molar-refractivity contribution in [3.05, 3.63) is 94.0 Å². The molecule has 0 aliphatic rings. The first kappa shape index (κ1) is 30.5. The smallest absolute Gasteiger partial charge is 0.264 e. The van der Waals surface area contributed by atoms with Gasteiger partial charge in [-0.05, 0) is 61.2 Å². The van der Waals surface area contributed by atoms with Gasteiger partial charge in [-0.2, -0.15) is 0 Å². The van der Waals surface area contributed by atoms with Crippen LogP contribution in [0.4, 0.5) is 5.69 Å². The highest BCUT2D eigenvalue weighted by Gasteiger charge is 2.33. The first-order valence-electron chi connectivity index (χ1n) is 12.8. The number of para-hydroxylation sites is 1. The highest BCUT2D eigenvalue weighted by molar-refractivity contribution is 7.92. The summed E-state index contributed by atoms with van der Waals surface area (Å²) < 4.78 is 28.9. The maximum Gasteiger partial charge on any atom is 0.264 e. The van der Waals surface area contributed by atoms with Gasteiger partial charge in [0.25, 0.3) is 10.0 Å². The number of nitrogens with zero attached hydrogens (tertiary/aromatic N) is 2. The topological polar surface area (TPSA) is 86.8 Å². The average Bonchev–Trinajstić information content (AvgIpc) is 2.95. The molecule has 0 radical (unpaired) electrons. The Labute approximate surface area is 240 Å². The molecule has 7 nitrogen and oxygen atoms in total. The number of anilines is 1. The minimum atomic E-state index is -4.11. The van der Waals surface area contributed by atoms with Gasteiger partial charge in [-0.25, -0.2) is 8.42 Å². The van der Waals surface area contributed by atoms with Crippen molar-refractivity contribution in [3.8, 4) is 0 Å². The zero-order valence-electron chi connectivity index (χ0n) is 22.2. The molecule has 3 aromatic carbocycles. The van der Waals surface area contributed by atoms with E-state index in [0.29, 0.717) is 34.3 Å². The van der Waals surface area contributed by atoms with Crippen molar-refractivity contribution in [2.45, 2.75) is 51.1 Å². The summed E-state index contributed by atoms with van der Waals surface area (Å²) in [6, 6.07) is 19.2. The van der Waals surface area contributed by atoms with Gasteiger partial charge >= 0.3 is 0 Å². The highest BCUT2D eigenvalue weighted by atomic mass is 35.5. The fourth-order valence-electron chi connectivity index (χ4n) is 4.10. The number of sulfonamides is 1. The third-order valence-corrected chi connectivity index (χ3v) is 8.82. The highest BCUT2D eigenvalue weighted by Crippen LogP contribution is 2.29. The molecule has 0 fully saturated rings. The summed E-state index contributed by atoms with van der Waals surface area (Å²) in [7, 11) is -4.11. The lowest BCUT2D eigenvalue weighted by Crippen LogP contribution is -2.51. The monoisotopic (exact) mass is 589 g/mol. The fraction of sp³-hybridized carbons (Fsp3) is 0.310. The van der Waals surface area contributed by atoms with Crippen LogP contribution in [0.1, 0.15) is 38.3 Å². The normalized spacial score (nSPS) is 12.0. The minimum Gasteiger partial charge on any atom is -0.354 e. The number of hydrogen-bond donors (Lipinski definition) is 1. The van der Waals surface area contributed by atoms with Gasteiger partial charge in [0.1, 0.15) is 12.6 Å². The van der Waals surface area contributed by atoms with Gasteiger partial charge in [-0.15, -0.1) is 0 Å². The molecule has 0 saturated heterocycles. The molecule has 3 rings (SSSR count). The molecule has 0 bridgehead atoms. The standard InChI is InChI=1S/C29H33Cl2N3O4S/c1-4-17-32-29(36)21(3)33(19-22-15-16-25(30)26(31)18-22)28(35)20-34(27-14-10-9-11-23(27)5-2)39(37,38)24-12-7-6-8-13-24/h6-16,18,21H,4-5,17,19-20H2,1-3H3,(H,32,36)/t21-/m1/s1. The number of benzene rings is 3. The first-order valence-corrected chi connectivity index (χ1v) is 15.0. The Bertz CT molecular complexity index is 1400. The number of nitrogens with one attached hydrogen (secondary N) is 1. The van der Waals surface area contributed by atoms with E-state index >= 15 is 0 Å². The van der Waals surface area contributed by atoms with E-state index in [0.717, 1.165) is 16.3 Å². The Balaban J connectivity index is 2.05. The van der Waals surface area contributed by atoms with Crippen molar-refractivity contribution >= 4 is 50.7 Å². The largest absolute Gasteiger partial charge is 0.354 e. The molecule has 0 heterocycles. The summed E-state index contributed by atoms with van der Waals surface area (Å²) in [5.74, 6) is -0.873. The Morgan fingerprint density at radius 2 is 1.59 bits per heavy atom. The SMILES string of the molecule is CCCNC(=O)[C@@H](C)N(Cc1ccc(Cl)c(Cl)c1)C(=O)CN(c1ccccc1CC)S(=O)(=O)c1ccccc1. The van der Waals surface area contributed by atoms with Crippen LogP contribution in [0.25, 0.3) is 0 Å². The van der Waals surface area contributed by atoms with Crippen LogP contribution in [0.15, 0.2) is 77.7 Å². The summed E-state index contributed by atoms with van der Waals surface area (Å²) in [6.45, 7) is 5.46. The van der Waals surface area contributed by atoms with Crippen LogP contribution in [-0.4, -0.2) is 44.3 Å². The predicted molar refractivity (Wildman–Crippen MR) is 157 cm³/mol. The fourth-order valence-corrected chi connectivity index (χ4v) is 5.89. The maximum absolute atomic E-state index is 14.0. The zero-order chi connectivity index (χ0) is 28.6. The summed E-state index contributed by atoms with van der Waals surface area (Å²) in [5.41, 5.74) is 1.84. The number of hydrogen-bond acceptors (Lipinski definition) is 4. The van der Waals surface area contributed by atoms with E-state index in [9.17, 15) is 18.0 Å². The van der Waals surface area contributed by atoms with Gasteiger partial charge in [0.2, 0.25) is 11.8 Å². The summed E-state index contributed by atoms with van der Waals surface area (Å²) >= 11 is 12.3. The van der Waals surface area contributed by atoms with Crippen molar-refractivity contribution in [3.63, 3.8) is 0 Å². The van der Waals surface area contributed by atoms with Crippen molar-refractivity contribution in [2.75, 3.05) is 17.4 Å². The molecular weight excluding hydrogens is 557 g/mol.